The summed E-state index contributed by atoms with van der Waals surface area (Å²) in [6.45, 7) is 15.5. The fraction of sp³-hybridized carbons (Fsp3) is 0.909. The molecule has 0 heterocycles. The second-order valence-electron chi connectivity index (χ2n) is 5.51. The lowest BCUT2D eigenvalue weighted by atomic mass is 10.2. The molecule has 0 aromatic carbocycles. The molecule has 1 nitrogen and oxygen atoms in total. The van der Waals surface area contributed by atoms with Gasteiger partial charge in [-0.3, -0.25) is 4.79 Å². The maximum Gasteiger partial charge on any atom is 0.132 e. The van der Waals surface area contributed by atoms with Gasteiger partial charge in [-0.15, -0.1) is 0 Å². The second kappa shape index (κ2) is 3.95. The smallest absolute Gasteiger partial charge is 0.132 e. The zero-order valence-corrected chi connectivity index (χ0v) is 11.2. The Morgan fingerprint density at radius 1 is 1.31 bits per heavy atom. The van der Waals surface area contributed by atoms with Crippen molar-refractivity contribution in [2.75, 3.05) is 0 Å². The molecule has 0 aliphatic heterocycles. The molecule has 78 valence electrons. The highest BCUT2D eigenvalue weighted by atomic mass is 28.3. The van der Waals surface area contributed by atoms with Crippen molar-refractivity contribution in [3.8, 4) is 0 Å². The Balaban J connectivity index is 4.74. The van der Waals surface area contributed by atoms with E-state index in [0.29, 0.717) is 17.2 Å². The molecule has 0 radical (unpaired) electrons. The van der Waals surface area contributed by atoms with Gasteiger partial charge in [-0.05, 0) is 5.04 Å². The number of hydrogen-bond donors (Lipinski definition) is 0. The number of Topliss-reactive ketones (excluding diaryl/α,β-unsaturated/α-hetero) is 1. The Morgan fingerprint density at radius 2 is 1.69 bits per heavy atom. The van der Waals surface area contributed by atoms with Crippen molar-refractivity contribution in [3.63, 3.8) is 0 Å². The number of carbonyl (C=O) groups excluding carboxylic acids is 1. The van der Waals surface area contributed by atoms with E-state index in [1.807, 2.05) is 6.92 Å². The van der Waals surface area contributed by atoms with Crippen molar-refractivity contribution >= 4 is 13.9 Å². The highest BCUT2D eigenvalue weighted by Crippen LogP contribution is 2.43. The molecule has 2 heteroatoms. The Hall–Kier alpha value is -0.113. The van der Waals surface area contributed by atoms with Gasteiger partial charge in [0.05, 0.1) is 8.07 Å². The molecule has 0 aromatic heterocycles. The van der Waals surface area contributed by atoms with Gasteiger partial charge in [-0.2, -0.15) is 0 Å². The molecule has 0 saturated heterocycles. The molecule has 0 rings (SSSR count). The Morgan fingerprint density at radius 3 is 1.92 bits per heavy atom. The first kappa shape index (κ1) is 12.9. The molecule has 0 amide bonds. The van der Waals surface area contributed by atoms with Gasteiger partial charge in [0.25, 0.3) is 0 Å². The van der Waals surface area contributed by atoms with E-state index in [1.54, 1.807) is 0 Å². The van der Waals surface area contributed by atoms with Crippen LogP contribution in [0.15, 0.2) is 0 Å². The molecule has 0 aromatic rings. The first-order chi connectivity index (χ1) is 5.64. The summed E-state index contributed by atoms with van der Waals surface area (Å²) in [6, 6.07) is 0. The van der Waals surface area contributed by atoms with Crippen molar-refractivity contribution < 1.29 is 4.79 Å². The van der Waals surface area contributed by atoms with Gasteiger partial charge >= 0.3 is 0 Å². The lowest BCUT2D eigenvalue weighted by Gasteiger charge is -2.41. The summed E-state index contributed by atoms with van der Waals surface area (Å²) in [5, 5.41) is 0.317. The largest absolute Gasteiger partial charge is 0.300 e. The van der Waals surface area contributed by atoms with E-state index in [2.05, 4.69) is 40.8 Å². The van der Waals surface area contributed by atoms with E-state index in [-0.39, 0.29) is 5.54 Å². The highest BCUT2D eigenvalue weighted by molar-refractivity contribution is 6.84. The summed E-state index contributed by atoms with van der Waals surface area (Å²) in [5.74, 6) is 0.437. The third kappa shape index (κ3) is 2.66. The lowest BCUT2D eigenvalue weighted by molar-refractivity contribution is -0.118. The Bertz CT molecular complexity index is 189. The third-order valence-electron chi connectivity index (χ3n) is 3.85. The summed E-state index contributed by atoms with van der Waals surface area (Å²) < 4.78 is 0. The van der Waals surface area contributed by atoms with Gasteiger partial charge in [0.1, 0.15) is 5.78 Å². The van der Waals surface area contributed by atoms with Gasteiger partial charge in [0.15, 0.2) is 0 Å². The monoisotopic (exact) mass is 200 g/mol. The molecule has 0 bridgehead atoms. The van der Waals surface area contributed by atoms with Gasteiger partial charge < -0.3 is 0 Å². The highest BCUT2D eigenvalue weighted by Gasteiger charge is 2.42. The minimum absolute atomic E-state index is 0.289. The van der Waals surface area contributed by atoms with Crippen molar-refractivity contribution in [3.05, 3.63) is 0 Å². The molecule has 13 heavy (non-hydrogen) atoms. The Kier molecular flexibility index (Phi) is 3.92. The average molecular weight is 200 g/mol. The molecule has 0 fully saturated rings. The van der Waals surface area contributed by atoms with E-state index >= 15 is 0 Å². The summed E-state index contributed by atoms with van der Waals surface area (Å²) in [5.41, 5.74) is 0.289. The third-order valence-corrected chi connectivity index (χ3v) is 10.2. The van der Waals surface area contributed by atoms with Gasteiger partial charge in [0.2, 0.25) is 0 Å². The van der Waals surface area contributed by atoms with Crippen LogP contribution in [0.3, 0.4) is 0 Å². The number of ketones is 1. The normalized spacial score (nSPS) is 15.6. The van der Waals surface area contributed by atoms with Crippen LogP contribution in [0.4, 0.5) is 0 Å². The standard InChI is InChI=1S/C11H24OSi/c1-8-10(12)9(2)13(6,7)11(3,4)5/h9H,8H2,1-7H3/t9-/m0/s1. The number of hydrogen-bond acceptors (Lipinski definition) is 1. The minimum atomic E-state index is -1.44. The summed E-state index contributed by atoms with van der Waals surface area (Å²) in [4.78, 5) is 11.6. The minimum Gasteiger partial charge on any atom is -0.300 e. The summed E-state index contributed by atoms with van der Waals surface area (Å²) in [6.07, 6.45) is 0.688. The van der Waals surface area contributed by atoms with Crippen molar-refractivity contribution in [2.24, 2.45) is 0 Å². The summed E-state index contributed by atoms with van der Waals surface area (Å²) in [7, 11) is -1.44. The molecule has 1 atom stereocenters. The lowest BCUT2D eigenvalue weighted by Crippen LogP contribution is -2.43. The zero-order valence-electron chi connectivity index (χ0n) is 10.2. The molecule has 0 aliphatic rings. The SMILES string of the molecule is CCC(=O)[C@H](C)[Si](C)(C)C(C)(C)C. The zero-order chi connectivity index (χ0) is 10.9. The fourth-order valence-corrected chi connectivity index (χ4v) is 3.67. The van der Waals surface area contributed by atoms with Crippen LogP contribution in [0.25, 0.3) is 0 Å². The summed E-state index contributed by atoms with van der Waals surface area (Å²) >= 11 is 0. The average Bonchev–Trinajstić information content (AvgIpc) is 1.99. The van der Waals surface area contributed by atoms with Crippen LogP contribution < -0.4 is 0 Å². The number of rotatable bonds is 3. The van der Waals surface area contributed by atoms with Crippen LogP contribution in [0.5, 0.6) is 0 Å². The van der Waals surface area contributed by atoms with Crippen LogP contribution >= 0.6 is 0 Å². The van der Waals surface area contributed by atoms with Crippen LogP contribution in [0, 0.1) is 0 Å². The molecule has 0 saturated carbocycles. The van der Waals surface area contributed by atoms with E-state index < -0.39 is 8.07 Å². The van der Waals surface area contributed by atoms with Crippen LogP contribution in [-0.4, -0.2) is 13.9 Å². The van der Waals surface area contributed by atoms with Crippen LogP contribution in [-0.2, 0) is 4.79 Å². The van der Waals surface area contributed by atoms with E-state index in [1.165, 1.54) is 0 Å². The van der Waals surface area contributed by atoms with Crippen molar-refractivity contribution in [1.29, 1.82) is 0 Å². The van der Waals surface area contributed by atoms with Crippen molar-refractivity contribution in [1.82, 2.24) is 0 Å². The van der Waals surface area contributed by atoms with Gasteiger partial charge in [-0.25, -0.2) is 0 Å². The molecule has 0 spiro atoms. The maximum absolute atomic E-state index is 11.6. The Labute approximate surface area is 83.9 Å². The van der Waals surface area contributed by atoms with Gasteiger partial charge in [0, 0.05) is 12.0 Å². The molecule has 0 aliphatic carbocycles. The van der Waals surface area contributed by atoms with E-state index in [0.717, 1.165) is 0 Å². The molecule has 0 N–H and O–H groups in total. The van der Waals surface area contributed by atoms with E-state index in [4.69, 9.17) is 0 Å². The number of carbonyl (C=O) groups is 1. The predicted molar refractivity (Wildman–Crippen MR) is 61.9 cm³/mol. The first-order valence-electron chi connectivity index (χ1n) is 5.17. The topological polar surface area (TPSA) is 17.1 Å². The van der Waals surface area contributed by atoms with Gasteiger partial charge in [-0.1, -0.05) is 47.7 Å². The quantitative estimate of drug-likeness (QED) is 0.632. The molecule has 0 unspecified atom stereocenters. The predicted octanol–water partition coefficient (Wildman–Crippen LogP) is 3.86. The van der Waals surface area contributed by atoms with E-state index in [9.17, 15) is 4.79 Å². The second-order valence-corrected chi connectivity index (χ2v) is 11.3. The molecular weight excluding hydrogens is 176 g/mol. The first-order valence-corrected chi connectivity index (χ1v) is 8.25. The van der Waals surface area contributed by atoms with Crippen LogP contribution in [0.1, 0.15) is 41.0 Å². The fourth-order valence-electron chi connectivity index (χ4n) is 1.36. The van der Waals surface area contributed by atoms with Crippen LogP contribution in [0.2, 0.25) is 23.7 Å². The maximum atomic E-state index is 11.6. The molecular formula is C11H24OSi. The van der Waals surface area contributed by atoms with Crippen molar-refractivity contribution in [2.45, 2.75) is 64.7 Å².